The number of pyridine rings is 1. The van der Waals surface area contributed by atoms with E-state index in [2.05, 4.69) is 23.8 Å². The molecule has 13 heavy (non-hydrogen) atoms. The van der Waals surface area contributed by atoms with Gasteiger partial charge in [0, 0.05) is 24.5 Å². The fourth-order valence-electron chi connectivity index (χ4n) is 0.886. The molecular weight excluding hydrogens is 162 g/mol. The van der Waals surface area contributed by atoms with Crippen molar-refractivity contribution in [1.29, 1.82) is 0 Å². The van der Waals surface area contributed by atoms with Crippen molar-refractivity contribution < 1.29 is 0 Å². The molecule has 0 saturated heterocycles. The lowest BCUT2D eigenvalue weighted by molar-refractivity contribution is 0.665. The van der Waals surface area contributed by atoms with Crippen LogP contribution in [0.25, 0.3) is 0 Å². The molecule has 1 aromatic rings. The average molecular weight is 177 g/mol. The van der Waals surface area contributed by atoms with Gasteiger partial charge in [-0.15, -0.1) is 0 Å². The molecule has 0 spiro atoms. The van der Waals surface area contributed by atoms with E-state index in [1.165, 1.54) is 0 Å². The van der Waals surface area contributed by atoms with Gasteiger partial charge in [0.05, 0.1) is 0 Å². The number of hydrogen-bond donors (Lipinski definition) is 1. The fourth-order valence-corrected chi connectivity index (χ4v) is 0.886. The van der Waals surface area contributed by atoms with Crippen LogP contribution < -0.4 is 5.73 Å². The van der Waals surface area contributed by atoms with Crippen molar-refractivity contribution in [3.05, 3.63) is 30.1 Å². The van der Waals surface area contributed by atoms with E-state index in [9.17, 15) is 0 Å². The van der Waals surface area contributed by atoms with Crippen molar-refractivity contribution in [2.24, 2.45) is 16.6 Å². The monoisotopic (exact) mass is 177 g/mol. The quantitative estimate of drug-likeness (QED) is 0.561. The van der Waals surface area contributed by atoms with Crippen molar-refractivity contribution in [2.45, 2.75) is 13.8 Å². The number of amidine groups is 1. The molecule has 1 rings (SSSR count). The average Bonchev–Trinajstić information content (AvgIpc) is 2.15. The predicted molar refractivity (Wildman–Crippen MR) is 54.7 cm³/mol. The molecule has 0 atom stereocenters. The molecule has 0 fully saturated rings. The molecule has 3 heteroatoms. The Kier molecular flexibility index (Phi) is 3.43. The van der Waals surface area contributed by atoms with Crippen LogP contribution in [0.15, 0.2) is 29.5 Å². The van der Waals surface area contributed by atoms with E-state index in [0.29, 0.717) is 11.8 Å². The molecule has 0 amide bonds. The lowest BCUT2D eigenvalue weighted by Crippen LogP contribution is -2.15. The topological polar surface area (TPSA) is 51.3 Å². The van der Waals surface area contributed by atoms with Crippen LogP contribution in [0.2, 0.25) is 0 Å². The van der Waals surface area contributed by atoms with Crippen LogP contribution in [0.1, 0.15) is 19.4 Å². The molecule has 3 nitrogen and oxygen atoms in total. The SMILES string of the molecule is CC(C)CN=C(N)c1cccnc1. The van der Waals surface area contributed by atoms with E-state index < -0.39 is 0 Å². The van der Waals surface area contributed by atoms with Gasteiger partial charge in [0.2, 0.25) is 0 Å². The minimum Gasteiger partial charge on any atom is -0.383 e. The standard InChI is InChI=1S/C10H15N3/c1-8(2)6-13-10(11)9-4-3-5-12-7-9/h3-5,7-8H,6H2,1-2H3,(H2,11,13). The summed E-state index contributed by atoms with van der Waals surface area (Å²) in [4.78, 5) is 8.22. The first-order valence-corrected chi connectivity index (χ1v) is 4.40. The van der Waals surface area contributed by atoms with E-state index in [1.807, 2.05) is 12.1 Å². The Hall–Kier alpha value is -1.38. The minimum absolute atomic E-state index is 0.537. The van der Waals surface area contributed by atoms with Gasteiger partial charge in [-0.25, -0.2) is 0 Å². The van der Waals surface area contributed by atoms with Crippen LogP contribution in [0.3, 0.4) is 0 Å². The minimum atomic E-state index is 0.537. The van der Waals surface area contributed by atoms with Crippen LogP contribution in [-0.2, 0) is 0 Å². The van der Waals surface area contributed by atoms with Crippen LogP contribution in [-0.4, -0.2) is 17.4 Å². The predicted octanol–water partition coefficient (Wildman–Crippen LogP) is 1.44. The summed E-state index contributed by atoms with van der Waals surface area (Å²) in [5.74, 6) is 1.11. The van der Waals surface area contributed by atoms with Gasteiger partial charge in [0.25, 0.3) is 0 Å². The summed E-state index contributed by atoms with van der Waals surface area (Å²) in [6.07, 6.45) is 3.44. The first kappa shape index (κ1) is 9.71. The Morgan fingerprint density at radius 3 is 2.92 bits per heavy atom. The number of nitrogens with zero attached hydrogens (tertiary/aromatic N) is 2. The highest BCUT2D eigenvalue weighted by atomic mass is 14.9. The molecule has 1 heterocycles. The molecule has 0 aromatic carbocycles. The van der Waals surface area contributed by atoms with Gasteiger partial charge >= 0.3 is 0 Å². The molecule has 0 aliphatic heterocycles. The summed E-state index contributed by atoms with van der Waals surface area (Å²) in [7, 11) is 0. The van der Waals surface area contributed by atoms with Crippen molar-refractivity contribution in [3.63, 3.8) is 0 Å². The highest BCUT2D eigenvalue weighted by Crippen LogP contribution is 1.97. The van der Waals surface area contributed by atoms with Crippen molar-refractivity contribution in [3.8, 4) is 0 Å². The molecule has 0 radical (unpaired) electrons. The Morgan fingerprint density at radius 2 is 2.38 bits per heavy atom. The molecular formula is C10H15N3. The maximum Gasteiger partial charge on any atom is 0.127 e. The van der Waals surface area contributed by atoms with Gasteiger partial charge < -0.3 is 5.73 Å². The number of aromatic nitrogens is 1. The molecule has 0 aliphatic carbocycles. The molecule has 70 valence electrons. The van der Waals surface area contributed by atoms with Crippen molar-refractivity contribution in [1.82, 2.24) is 4.98 Å². The van der Waals surface area contributed by atoms with E-state index >= 15 is 0 Å². The van der Waals surface area contributed by atoms with E-state index in [-0.39, 0.29) is 0 Å². The largest absolute Gasteiger partial charge is 0.383 e. The Balaban J connectivity index is 2.68. The molecule has 2 N–H and O–H groups in total. The summed E-state index contributed by atoms with van der Waals surface area (Å²) in [5.41, 5.74) is 6.65. The zero-order valence-corrected chi connectivity index (χ0v) is 8.07. The van der Waals surface area contributed by atoms with E-state index in [0.717, 1.165) is 12.1 Å². The molecule has 0 bridgehead atoms. The Morgan fingerprint density at radius 1 is 1.62 bits per heavy atom. The van der Waals surface area contributed by atoms with Gasteiger partial charge in [-0.05, 0) is 18.1 Å². The summed E-state index contributed by atoms with van der Waals surface area (Å²) in [6, 6.07) is 3.76. The first-order valence-electron chi connectivity index (χ1n) is 4.40. The van der Waals surface area contributed by atoms with Crippen LogP contribution in [0, 0.1) is 5.92 Å². The molecule has 0 aliphatic rings. The smallest absolute Gasteiger partial charge is 0.127 e. The molecule has 0 unspecified atom stereocenters. The van der Waals surface area contributed by atoms with Crippen LogP contribution in [0.5, 0.6) is 0 Å². The Bertz CT molecular complexity index is 277. The Labute approximate surface area is 78.7 Å². The van der Waals surface area contributed by atoms with Crippen LogP contribution >= 0.6 is 0 Å². The lowest BCUT2D eigenvalue weighted by Gasteiger charge is -2.01. The summed E-state index contributed by atoms with van der Waals surface area (Å²) in [5, 5.41) is 0. The third-order valence-corrected chi connectivity index (χ3v) is 1.58. The van der Waals surface area contributed by atoms with Gasteiger partial charge in [-0.2, -0.15) is 0 Å². The van der Waals surface area contributed by atoms with Gasteiger partial charge in [0.1, 0.15) is 5.84 Å². The van der Waals surface area contributed by atoms with E-state index in [1.54, 1.807) is 12.4 Å². The third kappa shape index (κ3) is 3.23. The lowest BCUT2D eigenvalue weighted by atomic mass is 10.2. The summed E-state index contributed by atoms with van der Waals surface area (Å²) < 4.78 is 0. The summed E-state index contributed by atoms with van der Waals surface area (Å²) >= 11 is 0. The van der Waals surface area contributed by atoms with Gasteiger partial charge in [-0.3, -0.25) is 9.98 Å². The number of aliphatic imine (C=N–C) groups is 1. The second-order valence-electron chi connectivity index (χ2n) is 3.36. The van der Waals surface area contributed by atoms with Gasteiger partial charge in [0.15, 0.2) is 0 Å². The fraction of sp³-hybridized carbons (Fsp3) is 0.400. The maximum atomic E-state index is 5.75. The number of rotatable bonds is 3. The normalized spacial score (nSPS) is 12.1. The third-order valence-electron chi connectivity index (χ3n) is 1.58. The maximum absolute atomic E-state index is 5.75. The zero-order valence-electron chi connectivity index (χ0n) is 8.07. The van der Waals surface area contributed by atoms with Gasteiger partial charge in [-0.1, -0.05) is 13.8 Å². The highest BCUT2D eigenvalue weighted by Gasteiger charge is 1.97. The molecule has 0 saturated carbocycles. The first-order chi connectivity index (χ1) is 6.20. The zero-order chi connectivity index (χ0) is 9.68. The second-order valence-corrected chi connectivity index (χ2v) is 3.36. The second kappa shape index (κ2) is 4.60. The number of hydrogen-bond acceptors (Lipinski definition) is 2. The van der Waals surface area contributed by atoms with Crippen LogP contribution in [0.4, 0.5) is 0 Å². The molecule has 1 aromatic heterocycles. The highest BCUT2D eigenvalue weighted by molar-refractivity contribution is 5.97. The van der Waals surface area contributed by atoms with E-state index in [4.69, 9.17) is 5.73 Å². The van der Waals surface area contributed by atoms with Crippen molar-refractivity contribution in [2.75, 3.05) is 6.54 Å². The number of nitrogens with two attached hydrogens (primary N) is 1. The van der Waals surface area contributed by atoms with Crippen molar-refractivity contribution >= 4 is 5.84 Å². The summed E-state index contributed by atoms with van der Waals surface area (Å²) in [6.45, 7) is 4.99.